The maximum absolute atomic E-state index is 10.9. The van der Waals surface area contributed by atoms with Gasteiger partial charge in [-0.15, -0.1) is 0 Å². The molecule has 2 rings (SSSR count). The number of aryl methyl sites for hydroxylation is 1. The molecule has 0 aliphatic carbocycles. The molecule has 1 aromatic heterocycles. The van der Waals surface area contributed by atoms with Crippen molar-refractivity contribution in [1.82, 2.24) is 0 Å². The third kappa shape index (κ3) is 1.71. The summed E-state index contributed by atoms with van der Waals surface area (Å²) in [5, 5.41) is 0.675. The highest BCUT2D eigenvalue weighted by Crippen LogP contribution is 2.12. The highest BCUT2D eigenvalue weighted by Gasteiger charge is 2.16. The van der Waals surface area contributed by atoms with Crippen LogP contribution in [0.3, 0.4) is 0 Å². The van der Waals surface area contributed by atoms with E-state index < -0.39 is 10.1 Å². The van der Waals surface area contributed by atoms with E-state index >= 15 is 0 Å². The lowest BCUT2D eigenvalue weighted by Crippen LogP contribution is -2.36. The van der Waals surface area contributed by atoms with E-state index in [1.165, 1.54) is 10.6 Å². The van der Waals surface area contributed by atoms with Gasteiger partial charge >= 0.3 is 0 Å². The third-order valence-electron chi connectivity index (χ3n) is 2.29. The van der Waals surface area contributed by atoms with Gasteiger partial charge in [-0.3, -0.25) is 0 Å². The summed E-state index contributed by atoms with van der Waals surface area (Å²) in [5.74, 6) is 0. The van der Waals surface area contributed by atoms with Crippen molar-refractivity contribution in [2.75, 3.05) is 0 Å². The Morgan fingerprint density at radius 2 is 1.80 bits per heavy atom. The van der Waals surface area contributed by atoms with Gasteiger partial charge in [0.05, 0.1) is 0 Å². The van der Waals surface area contributed by atoms with Crippen LogP contribution in [0.1, 0.15) is 0 Å². The third-order valence-corrected chi connectivity index (χ3v) is 3.21. The molecule has 0 aliphatic heterocycles. The number of hydrogen-bond donors (Lipinski definition) is 0. The topological polar surface area (TPSA) is 61.1 Å². The van der Waals surface area contributed by atoms with E-state index in [-0.39, 0.29) is 5.03 Å². The van der Waals surface area contributed by atoms with Crippen LogP contribution < -0.4 is 4.57 Å². The van der Waals surface area contributed by atoms with E-state index in [1.807, 2.05) is 12.1 Å². The van der Waals surface area contributed by atoms with Crippen molar-refractivity contribution >= 4 is 21.0 Å². The number of fused-ring (bicyclic) bond motifs is 1. The van der Waals surface area contributed by atoms with Gasteiger partial charge < -0.3 is 4.55 Å². The first-order chi connectivity index (χ1) is 7.00. The second-order valence-electron chi connectivity index (χ2n) is 3.24. The first kappa shape index (κ1) is 10.1. The first-order valence-corrected chi connectivity index (χ1v) is 5.74. The molecule has 5 heteroatoms. The Kier molecular flexibility index (Phi) is 2.21. The molecule has 0 radical (unpaired) electrons. The molecule has 0 aliphatic rings. The molecule has 0 fully saturated rings. The Labute approximate surface area is 87.5 Å². The Morgan fingerprint density at radius 1 is 1.13 bits per heavy atom. The molecule has 0 atom stereocenters. The highest BCUT2D eigenvalue weighted by atomic mass is 32.2. The van der Waals surface area contributed by atoms with Crippen molar-refractivity contribution in [3.05, 3.63) is 36.4 Å². The minimum atomic E-state index is -4.41. The first-order valence-electron chi connectivity index (χ1n) is 4.34. The number of para-hydroxylation sites is 1. The molecular weight excluding hydrogens is 214 g/mol. The summed E-state index contributed by atoms with van der Waals surface area (Å²) in [6, 6.07) is 10.2. The molecular formula is C10H9NO3S. The smallest absolute Gasteiger partial charge is 0.285 e. The number of aromatic nitrogens is 1. The fourth-order valence-electron chi connectivity index (χ4n) is 1.58. The molecule has 0 amide bonds. The molecule has 0 spiro atoms. The molecule has 1 aromatic carbocycles. The van der Waals surface area contributed by atoms with Crippen molar-refractivity contribution in [3.63, 3.8) is 0 Å². The Hall–Kier alpha value is -1.46. The van der Waals surface area contributed by atoms with E-state index in [0.717, 1.165) is 10.9 Å². The Balaban J connectivity index is 2.88. The lowest BCUT2D eigenvalue weighted by Gasteiger charge is -2.05. The van der Waals surface area contributed by atoms with Gasteiger partial charge in [0.15, 0.2) is 10.1 Å². The van der Waals surface area contributed by atoms with Gasteiger partial charge in [0, 0.05) is 17.5 Å². The summed E-state index contributed by atoms with van der Waals surface area (Å²) in [6.45, 7) is 0. The van der Waals surface area contributed by atoms with Crippen molar-refractivity contribution < 1.29 is 17.5 Å². The summed E-state index contributed by atoms with van der Waals surface area (Å²) in [4.78, 5) is 0. The Morgan fingerprint density at radius 3 is 2.47 bits per heavy atom. The zero-order valence-electron chi connectivity index (χ0n) is 8.04. The van der Waals surface area contributed by atoms with E-state index in [2.05, 4.69) is 0 Å². The number of pyridine rings is 1. The van der Waals surface area contributed by atoms with E-state index in [4.69, 9.17) is 0 Å². The molecule has 4 nitrogen and oxygen atoms in total. The second kappa shape index (κ2) is 3.29. The van der Waals surface area contributed by atoms with Gasteiger partial charge in [0.25, 0.3) is 5.03 Å². The van der Waals surface area contributed by atoms with Crippen LogP contribution in [0.4, 0.5) is 0 Å². The van der Waals surface area contributed by atoms with Crippen molar-refractivity contribution in [2.45, 2.75) is 5.03 Å². The van der Waals surface area contributed by atoms with Crippen molar-refractivity contribution in [3.8, 4) is 0 Å². The summed E-state index contributed by atoms with van der Waals surface area (Å²) in [7, 11) is -2.85. The zero-order valence-corrected chi connectivity index (χ0v) is 8.86. The van der Waals surface area contributed by atoms with Crippen LogP contribution in [-0.2, 0) is 17.2 Å². The van der Waals surface area contributed by atoms with Crippen LogP contribution in [-0.4, -0.2) is 13.0 Å². The number of benzene rings is 1. The van der Waals surface area contributed by atoms with Crippen molar-refractivity contribution in [1.29, 1.82) is 0 Å². The molecule has 0 saturated heterocycles. The van der Waals surface area contributed by atoms with Crippen LogP contribution in [0, 0.1) is 0 Å². The fourth-order valence-corrected chi connectivity index (χ4v) is 2.25. The molecule has 2 aromatic rings. The van der Waals surface area contributed by atoms with Crippen LogP contribution in [0.15, 0.2) is 41.4 Å². The fraction of sp³-hybridized carbons (Fsp3) is 0.100. The quantitative estimate of drug-likeness (QED) is 0.524. The predicted octanol–water partition coefficient (Wildman–Crippen LogP) is 0.568. The van der Waals surface area contributed by atoms with Crippen LogP contribution in [0.5, 0.6) is 0 Å². The van der Waals surface area contributed by atoms with E-state index in [1.54, 1.807) is 25.2 Å². The molecule has 0 unspecified atom stereocenters. The van der Waals surface area contributed by atoms with Gasteiger partial charge in [-0.25, -0.2) is 8.42 Å². The maximum atomic E-state index is 10.9. The largest absolute Gasteiger partial charge is 0.740 e. The molecule has 0 bridgehead atoms. The average Bonchev–Trinajstić information content (AvgIpc) is 2.16. The minimum absolute atomic E-state index is 0.221. The van der Waals surface area contributed by atoms with Gasteiger partial charge in [0.1, 0.15) is 7.05 Å². The minimum Gasteiger partial charge on any atom is -0.740 e. The van der Waals surface area contributed by atoms with Gasteiger partial charge in [-0.2, -0.15) is 4.57 Å². The summed E-state index contributed by atoms with van der Waals surface area (Å²) in [5.41, 5.74) is 0.717. The molecule has 78 valence electrons. The SMILES string of the molecule is C[n+]1c(S(=O)(=O)[O-])ccc2ccccc21. The van der Waals surface area contributed by atoms with Crippen molar-refractivity contribution in [2.24, 2.45) is 7.05 Å². The number of rotatable bonds is 1. The highest BCUT2D eigenvalue weighted by molar-refractivity contribution is 7.85. The van der Waals surface area contributed by atoms with Gasteiger partial charge in [-0.1, -0.05) is 12.1 Å². The monoisotopic (exact) mass is 223 g/mol. The summed E-state index contributed by atoms with van der Waals surface area (Å²) in [6.07, 6.45) is 0. The van der Waals surface area contributed by atoms with Gasteiger partial charge in [-0.05, 0) is 12.1 Å². The van der Waals surface area contributed by atoms with Gasteiger partial charge in [0.2, 0.25) is 5.52 Å². The predicted molar refractivity (Wildman–Crippen MR) is 53.1 cm³/mol. The number of hydrogen-bond acceptors (Lipinski definition) is 3. The lowest BCUT2D eigenvalue weighted by molar-refractivity contribution is -0.684. The van der Waals surface area contributed by atoms with Crippen LogP contribution in [0.2, 0.25) is 0 Å². The molecule has 15 heavy (non-hydrogen) atoms. The molecule has 0 saturated carbocycles. The normalized spacial score (nSPS) is 11.9. The molecule has 1 heterocycles. The van der Waals surface area contributed by atoms with Crippen LogP contribution in [0.25, 0.3) is 10.9 Å². The number of nitrogens with zero attached hydrogens (tertiary/aromatic N) is 1. The average molecular weight is 223 g/mol. The van der Waals surface area contributed by atoms with Crippen LogP contribution >= 0.6 is 0 Å². The summed E-state index contributed by atoms with van der Waals surface area (Å²) < 4.78 is 34.1. The van der Waals surface area contributed by atoms with E-state index in [9.17, 15) is 13.0 Å². The Bertz CT molecular complexity index is 620. The second-order valence-corrected chi connectivity index (χ2v) is 4.57. The molecule has 0 N–H and O–H groups in total. The lowest BCUT2D eigenvalue weighted by atomic mass is 10.2. The standard InChI is InChI=1S/C10H9NO3S/c1-11-9-5-3-2-4-8(9)6-7-10(11)15(12,13)14/h2-7H,1H3. The maximum Gasteiger partial charge on any atom is 0.285 e. The van der Waals surface area contributed by atoms with E-state index in [0.29, 0.717) is 0 Å². The summed E-state index contributed by atoms with van der Waals surface area (Å²) >= 11 is 0. The zero-order chi connectivity index (χ0) is 11.1.